The molecule has 0 saturated carbocycles. The van der Waals surface area contributed by atoms with Crippen LogP contribution < -0.4 is 4.89 Å². The molecule has 0 aromatic rings. The molecule has 0 rings (SSSR count). The SMILES string of the molecule is CCP(=O)([O-])C(C)(OC)OC. The van der Waals surface area contributed by atoms with E-state index < -0.39 is 12.9 Å². The molecule has 0 radical (unpaired) electrons. The summed E-state index contributed by atoms with van der Waals surface area (Å²) in [6.45, 7) is 2.95. The summed E-state index contributed by atoms with van der Waals surface area (Å²) in [7, 11) is -0.971. The lowest BCUT2D eigenvalue weighted by Gasteiger charge is -2.38. The molecule has 0 aliphatic rings. The minimum atomic E-state index is -3.59. The van der Waals surface area contributed by atoms with Gasteiger partial charge in [-0.2, -0.15) is 0 Å². The van der Waals surface area contributed by atoms with Crippen LogP contribution in [-0.4, -0.2) is 25.9 Å². The molecule has 0 amide bonds. The highest BCUT2D eigenvalue weighted by Crippen LogP contribution is 2.50. The van der Waals surface area contributed by atoms with Crippen LogP contribution >= 0.6 is 7.37 Å². The molecule has 1 unspecified atom stereocenters. The Morgan fingerprint density at radius 3 is 1.91 bits per heavy atom. The van der Waals surface area contributed by atoms with Gasteiger partial charge in [-0.05, 0) is 13.1 Å². The Kier molecular flexibility index (Phi) is 3.71. The molecule has 0 bridgehead atoms. The fourth-order valence-electron chi connectivity index (χ4n) is 0.649. The van der Waals surface area contributed by atoms with Gasteiger partial charge in [-0.1, -0.05) is 6.92 Å². The highest BCUT2D eigenvalue weighted by atomic mass is 31.2. The van der Waals surface area contributed by atoms with Gasteiger partial charge >= 0.3 is 0 Å². The molecule has 0 heterocycles. The largest absolute Gasteiger partial charge is 0.796 e. The van der Waals surface area contributed by atoms with Gasteiger partial charge in [-0.15, -0.1) is 0 Å². The van der Waals surface area contributed by atoms with Crippen molar-refractivity contribution >= 4 is 7.37 Å². The summed E-state index contributed by atoms with van der Waals surface area (Å²) in [5, 5.41) is 0. The molecule has 0 spiro atoms. The van der Waals surface area contributed by atoms with Crippen LogP contribution in [0.3, 0.4) is 0 Å². The van der Waals surface area contributed by atoms with Crippen LogP contribution in [0.15, 0.2) is 0 Å². The van der Waals surface area contributed by atoms with Crippen LogP contribution in [0, 0.1) is 0 Å². The summed E-state index contributed by atoms with van der Waals surface area (Å²) in [5.41, 5.74) is -1.47. The lowest BCUT2D eigenvalue weighted by Crippen LogP contribution is -2.35. The van der Waals surface area contributed by atoms with Crippen LogP contribution in [-0.2, 0) is 14.0 Å². The lowest BCUT2D eigenvalue weighted by molar-refractivity contribution is -0.227. The summed E-state index contributed by atoms with van der Waals surface area (Å²) >= 11 is 0. The van der Waals surface area contributed by atoms with Crippen molar-refractivity contribution in [2.45, 2.75) is 19.4 Å². The highest BCUT2D eigenvalue weighted by molar-refractivity contribution is 7.57. The number of rotatable bonds is 4. The van der Waals surface area contributed by atoms with Gasteiger partial charge in [-0.3, -0.25) is 0 Å². The van der Waals surface area contributed by atoms with E-state index in [2.05, 4.69) is 0 Å². The van der Waals surface area contributed by atoms with E-state index in [-0.39, 0.29) is 6.16 Å². The predicted molar refractivity (Wildman–Crippen MR) is 40.6 cm³/mol. The van der Waals surface area contributed by atoms with Crippen molar-refractivity contribution in [2.75, 3.05) is 20.4 Å². The molecule has 0 aromatic carbocycles. The maximum Gasteiger partial charge on any atom is 0.205 e. The average Bonchev–Trinajstić information content (AvgIpc) is 2.02. The molecule has 1 atom stereocenters. The zero-order valence-corrected chi connectivity index (χ0v) is 8.18. The molecule has 0 aliphatic carbocycles. The van der Waals surface area contributed by atoms with E-state index in [0.29, 0.717) is 0 Å². The zero-order chi connectivity index (χ0) is 9.12. The molecule has 0 saturated heterocycles. The number of hydrogen-bond donors (Lipinski definition) is 0. The third-order valence-electron chi connectivity index (χ3n) is 1.79. The highest BCUT2D eigenvalue weighted by Gasteiger charge is 2.34. The van der Waals surface area contributed by atoms with E-state index in [9.17, 15) is 9.46 Å². The quantitative estimate of drug-likeness (QED) is 0.471. The second-order valence-electron chi connectivity index (χ2n) is 2.30. The van der Waals surface area contributed by atoms with Crippen molar-refractivity contribution in [3.63, 3.8) is 0 Å². The Hall–Kier alpha value is 0.110. The maximum absolute atomic E-state index is 11.3. The van der Waals surface area contributed by atoms with Crippen molar-refractivity contribution in [3.8, 4) is 0 Å². The first-order valence-electron chi connectivity index (χ1n) is 3.34. The van der Waals surface area contributed by atoms with Crippen LogP contribution in [0.2, 0.25) is 0 Å². The van der Waals surface area contributed by atoms with Crippen LogP contribution in [0.1, 0.15) is 13.8 Å². The standard InChI is InChI=1S/C6H15O4P/c1-5-11(7,8)6(2,9-3)10-4/h5H2,1-4H3,(H,7,8)/p-1. The van der Waals surface area contributed by atoms with Crippen LogP contribution in [0.4, 0.5) is 0 Å². The summed E-state index contributed by atoms with van der Waals surface area (Å²) in [6, 6.07) is 0. The molecule has 0 aromatic heterocycles. The van der Waals surface area contributed by atoms with Gasteiger partial charge < -0.3 is 18.9 Å². The summed E-state index contributed by atoms with van der Waals surface area (Å²) in [5.74, 6) is 0. The maximum atomic E-state index is 11.3. The van der Waals surface area contributed by atoms with Crippen LogP contribution in [0.25, 0.3) is 0 Å². The Balaban J connectivity index is 4.62. The number of methoxy groups -OCH3 is 2. The van der Waals surface area contributed by atoms with E-state index in [0.717, 1.165) is 0 Å². The average molecular weight is 181 g/mol. The van der Waals surface area contributed by atoms with Crippen molar-refractivity contribution in [1.29, 1.82) is 0 Å². The number of hydrogen-bond acceptors (Lipinski definition) is 4. The van der Waals surface area contributed by atoms with E-state index in [1.165, 1.54) is 21.1 Å². The molecule has 11 heavy (non-hydrogen) atoms. The van der Waals surface area contributed by atoms with Crippen molar-refractivity contribution in [2.24, 2.45) is 0 Å². The Morgan fingerprint density at radius 1 is 1.45 bits per heavy atom. The summed E-state index contributed by atoms with van der Waals surface area (Å²) in [6.07, 6.45) is 0.0329. The molecule has 4 nitrogen and oxygen atoms in total. The fourth-order valence-corrected chi connectivity index (χ4v) is 1.78. The minimum absolute atomic E-state index is 0.0329. The van der Waals surface area contributed by atoms with E-state index in [1.54, 1.807) is 6.92 Å². The monoisotopic (exact) mass is 181 g/mol. The van der Waals surface area contributed by atoms with E-state index in [4.69, 9.17) is 9.47 Å². The van der Waals surface area contributed by atoms with Gasteiger partial charge in [0, 0.05) is 14.2 Å². The van der Waals surface area contributed by atoms with Gasteiger partial charge in [0.25, 0.3) is 0 Å². The first kappa shape index (κ1) is 11.1. The molecule has 0 N–H and O–H groups in total. The third kappa shape index (κ3) is 2.03. The van der Waals surface area contributed by atoms with E-state index >= 15 is 0 Å². The van der Waals surface area contributed by atoms with Gasteiger partial charge in [-0.25, -0.2) is 0 Å². The number of ether oxygens (including phenoxy) is 2. The minimum Gasteiger partial charge on any atom is -0.796 e. The molecular formula is C6H14O4P-. The predicted octanol–water partition coefficient (Wildman–Crippen LogP) is 0.611. The van der Waals surface area contributed by atoms with Gasteiger partial charge in [0.05, 0.1) is 7.37 Å². The lowest BCUT2D eigenvalue weighted by atomic mass is 10.7. The normalized spacial score (nSPS) is 17.9. The van der Waals surface area contributed by atoms with Crippen LogP contribution in [0.5, 0.6) is 0 Å². The van der Waals surface area contributed by atoms with Crippen molar-refractivity contribution in [3.05, 3.63) is 0 Å². The second kappa shape index (κ2) is 3.68. The van der Waals surface area contributed by atoms with E-state index in [1.807, 2.05) is 0 Å². The van der Waals surface area contributed by atoms with Gasteiger partial charge in [0.15, 0.2) is 0 Å². The summed E-state index contributed by atoms with van der Waals surface area (Å²) in [4.78, 5) is 11.3. The summed E-state index contributed by atoms with van der Waals surface area (Å²) < 4.78 is 20.8. The Labute approximate surface area is 67.0 Å². The first-order chi connectivity index (χ1) is 4.93. The molecule has 0 aliphatic heterocycles. The smallest absolute Gasteiger partial charge is 0.205 e. The molecular weight excluding hydrogens is 167 g/mol. The Morgan fingerprint density at radius 2 is 1.82 bits per heavy atom. The van der Waals surface area contributed by atoms with Crippen molar-refractivity contribution < 1.29 is 18.9 Å². The topological polar surface area (TPSA) is 58.6 Å². The fraction of sp³-hybridized carbons (Fsp3) is 1.00. The zero-order valence-electron chi connectivity index (χ0n) is 7.29. The Bertz CT molecular complexity index is 164. The second-order valence-corrected chi connectivity index (χ2v) is 5.09. The van der Waals surface area contributed by atoms with Gasteiger partial charge in [0.2, 0.25) is 5.53 Å². The van der Waals surface area contributed by atoms with Gasteiger partial charge in [0.1, 0.15) is 0 Å². The molecule has 0 fully saturated rings. The third-order valence-corrected chi connectivity index (χ3v) is 4.23. The first-order valence-corrected chi connectivity index (χ1v) is 5.15. The molecule has 5 heteroatoms. The molecule has 68 valence electrons. The van der Waals surface area contributed by atoms with Crippen molar-refractivity contribution in [1.82, 2.24) is 0 Å².